The number of aliphatic hydroxyl groups is 1. The minimum absolute atomic E-state index is 0.152. The van der Waals surface area contributed by atoms with E-state index in [1.54, 1.807) is 71.9 Å². The molecule has 4 atom stereocenters. The number of hydrogen-bond acceptors (Lipinski definition) is 5. The quantitative estimate of drug-likeness (QED) is 0.419. The summed E-state index contributed by atoms with van der Waals surface area (Å²) >= 11 is 12.9. The SMILES string of the molecule is O=C(NOCc1ccncc1)[C@@H]1c2ccccc2C(=O)N([C@H]2CCCCC2O)[C@H]1c1ccc(Cl)cc1Cl. The molecule has 2 aliphatic rings. The highest BCUT2D eigenvalue weighted by Gasteiger charge is 2.49. The minimum Gasteiger partial charge on any atom is -0.391 e. The normalized spacial score (nSPS) is 23.4. The molecule has 0 radical (unpaired) electrons. The molecule has 192 valence electrons. The van der Waals surface area contributed by atoms with Crippen LogP contribution < -0.4 is 5.48 Å². The maximum absolute atomic E-state index is 14.0. The van der Waals surface area contributed by atoms with Crippen molar-refractivity contribution in [2.75, 3.05) is 0 Å². The Morgan fingerprint density at radius 2 is 1.81 bits per heavy atom. The van der Waals surface area contributed by atoms with Crippen LogP contribution in [0.3, 0.4) is 0 Å². The van der Waals surface area contributed by atoms with Crippen molar-refractivity contribution in [1.29, 1.82) is 0 Å². The van der Waals surface area contributed by atoms with Crippen LogP contribution in [0.4, 0.5) is 0 Å². The monoisotopic (exact) mass is 539 g/mol. The van der Waals surface area contributed by atoms with Crippen LogP contribution in [0, 0.1) is 0 Å². The third kappa shape index (κ3) is 5.22. The fraction of sp³-hybridized carbons (Fsp3) is 0.321. The average molecular weight is 540 g/mol. The van der Waals surface area contributed by atoms with Crippen molar-refractivity contribution in [3.8, 4) is 0 Å². The van der Waals surface area contributed by atoms with Gasteiger partial charge in [0, 0.05) is 28.0 Å². The molecule has 3 aromatic rings. The first-order valence-electron chi connectivity index (χ1n) is 12.3. The molecule has 1 saturated carbocycles. The number of benzene rings is 2. The van der Waals surface area contributed by atoms with Gasteiger partial charge in [-0.05, 0) is 59.9 Å². The van der Waals surface area contributed by atoms with Crippen LogP contribution in [0.25, 0.3) is 0 Å². The molecule has 1 aromatic heterocycles. The Labute approximate surface area is 225 Å². The molecule has 2 amide bonds. The number of aliphatic hydroxyl groups excluding tert-OH is 1. The molecule has 1 fully saturated rings. The number of fused-ring (bicyclic) bond motifs is 1. The third-order valence-electron chi connectivity index (χ3n) is 7.15. The highest BCUT2D eigenvalue weighted by atomic mass is 35.5. The van der Waals surface area contributed by atoms with E-state index in [0.717, 1.165) is 18.4 Å². The average Bonchev–Trinajstić information content (AvgIpc) is 2.90. The van der Waals surface area contributed by atoms with Crippen LogP contribution in [0.2, 0.25) is 10.0 Å². The van der Waals surface area contributed by atoms with Gasteiger partial charge < -0.3 is 10.0 Å². The number of hydroxylamine groups is 1. The number of carbonyl (C=O) groups is 2. The maximum atomic E-state index is 14.0. The Balaban J connectivity index is 1.57. The highest BCUT2D eigenvalue weighted by Crippen LogP contribution is 2.47. The van der Waals surface area contributed by atoms with Gasteiger partial charge in [-0.25, -0.2) is 5.48 Å². The topological polar surface area (TPSA) is 91.8 Å². The number of rotatable bonds is 6. The van der Waals surface area contributed by atoms with Gasteiger partial charge in [0.1, 0.15) is 0 Å². The van der Waals surface area contributed by atoms with Crippen molar-refractivity contribution in [3.63, 3.8) is 0 Å². The third-order valence-corrected chi connectivity index (χ3v) is 7.71. The molecule has 37 heavy (non-hydrogen) atoms. The number of halogens is 2. The van der Waals surface area contributed by atoms with E-state index in [1.165, 1.54) is 0 Å². The lowest BCUT2D eigenvalue weighted by molar-refractivity contribution is -0.138. The van der Waals surface area contributed by atoms with Gasteiger partial charge in [0.25, 0.3) is 11.8 Å². The summed E-state index contributed by atoms with van der Waals surface area (Å²) in [5.74, 6) is -1.49. The van der Waals surface area contributed by atoms with Crippen LogP contribution in [-0.4, -0.2) is 39.0 Å². The number of aromatic nitrogens is 1. The fourth-order valence-electron chi connectivity index (χ4n) is 5.42. The highest BCUT2D eigenvalue weighted by molar-refractivity contribution is 6.35. The second kappa shape index (κ2) is 11.2. The molecule has 2 N–H and O–H groups in total. The zero-order valence-corrected chi connectivity index (χ0v) is 21.5. The number of nitrogens with zero attached hydrogens (tertiary/aromatic N) is 2. The molecule has 2 heterocycles. The van der Waals surface area contributed by atoms with Gasteiger partial charge in [0.15, 0.2) is 0 Å². The summed E-state index contributed by atoms with van der Waals surface area (Å²) in [5, 5.41) is 11.8. The van der Waals surface area contributed by atoms with Crippen LogP contribution in [0.5, 0.6) is 0 Å². The fourth-order valence-corrected chi connectivity index (χ4v) is 5.94. The Kier molecular flexibility index (Phi) is 7.76. The lowest BCUT2D eigenvalue weighted by Gasteiger charge is -2.48. The van der Waals surface area contributed by atoms with Gasteiger partial charge in [0.2, 0.25) is 0 Å². The zero-order chi connectivity index (χ0) is 25.9. The van der Waals surface area contributed by atoms with Crippen molar-refractivity contribution in [1.82, 2.24) is 15.4 Å². The first-order chi connectivity index (χ1) is 18.0. The van der Waals surface area contributed by atoms with E-state index in [-0.39, 0.29) is 12.5 Å². The molecule has 2 aromatic carbocycles. The van der Waals surface area contributed by atoms with E-state index in [1.807, 2.05) is 0 Å². The maximum Gasteiger partial charge on any atom is 0.255 e. The zero-order valence-electron chi connectivity index (χ0n) is 20.0. The number of hydrogen-bond donors (Lipinski definition) is 2. The lowest BCUT2D eigenvalue weighted by atomic mass is 9.77. The van der Waals surface area contributed by atoms with E-state index in [0.29, 0.717) is 39.6 Å². The predicted octanol–water partition coefficient (Wildman–Crippen LogP) is 5.22. The molecule has 0 spiro atoms. The first-order valence-corrected chi connectivity index (χ1v) is 13.1. The van der Waals surface area contributed by atoms with Crippen molar-refractivity contribution in [2.24, 2.45) is 0 Å². The van der Waals surface area contributed by atoms with E-state index in [4.69, 9.17) is 28.0 Å². The molecule has 1 aliphatic heterocycles. The van der Waals surface area contributed by atoms with Gasteiger partial charge in [-0.3, -0.25) is 19.4 Å². The summed E-state index contributed by atoms with van der Waals surface area (Å²) < 4.78 is 0. The predicted molar refractivity (Wildman–Crippen MR) is 140 cm³/mol. The van der Waals surface area contributed by atoms with Crippen LogP contribution in [-0.2, 0) is 16.2 Å². The molecule has 1 aliphatic carbocycles. The van der Waals surface area contributed by atoms with Crippen LogP contribution in [0.1, 0.15) is 64.7 Å². The van der Waals surface area contributed by atoms with E-state index in [9.17, 15) is 14.7 Å². The summed E-state index contributed by atoms with van der Waals surface area (Å²) in [4.78, 5) is 39.0. The number of amides is 2. The van der Waals surface area contributed by atoms with Gasteiger partial charge in [0.05, 0.1) is 30.7 Å². The Morgan fingerprint density at radius 3 is 2.57 bits per heavy atom. The van der Waals surface area contributed by atoms with Crippen molar-refractivity contribution >= 4 is 35.0 Å². The van der Waals surface area contributed by atoms with E-state index in [2.05, 4.69) is 10.5 Å². The largest absolute Gasteiger partial charge is 0.391 e. The number of pyridine rings is 1. The summed E-state index contributed by atoms with van der Waals surface area (Å²) in [6.45, 7) is 0.152. The van der Waals surface area contributed by atoms with E-state index >= 15 is 0 Å². The second-order valence-electron chi connectivity index (χ2n) is 9.42. The molecule has 1 unspecified atom stereocenters. The summed E-state index contributed by atoms with van der Waals surface area (Å²) in [5.41, 5.74) is 5.03. The smallest absolute Gasteiger partial charge is 0.255 e. The Hall–Kier alpha value is -2.97. The Bertz CT molecular complexity index is 1290. The van der Waals surface area contributed by atoms with Gasteiger partial charge in [-0.1, -0.05) is 60.3 Å². The molecule has 9 heteroatoms. The summed E-state index contributed by atoms with van der Waals surface area (Å²) in [6, 6.07) is 14.5. The lowest BCUT2D eigenvalue weighted by Crippen LogP contribution is -2.55. The molecule has 0 bridgehead atoms. The van der Waals surface area contributed by atoms with Crippen molar-refractivity contribution < 1.29 is 19.5 Å². The second-order valence-corrected chi connectivity index (χ2v) is 10.3. The Morgan fingerprint density at radius 1 is 1.05 bits per heavy atom. The number of carbonyl (C=O) groups excluding carboxylic acids is 2. The minimum atomic E-state index is -0.834. The molecular weight excluding hydrogens is 513 g/mol. The molecular formula is C28H27Cl2N3O4. The molecule has 5 rings (SSSR count). The van der Waals surface area contributed by atoms with Crippen LogP contribution >= 0.6 is 23.2 Å². The molecule has 0 saturated heterocycles. The van der Waals surface area contributed by atoms with E-state index < -0.39 is 30.0 Å². The summed E-state index contributed by atoms with van der Waals surface area (Å²) in [6.07, 6.45) is 5.57. The number of nitrogens with one attached hydrogen (secondary N) is 1. The van der Waals surface area contributed by atoms with Crippen molar-refractivity contribution in [2.45, 2.75) is 56.4 Å². The van der Waals surface area contributed by atoms with Gasteiger partial charge in [-0.15, -0.1) is 0 Å². The summed E-state index contributed by atoms with van der Waals surface area (Å²) in [7, 11) is 0. The first kappa shape index (κ1) is 25.7. The van der Waals surface area contributed by atoms with Crippen molar-refractivity contribution in [3.05, 3.63) is 99.3 Å². The van der Waals surface area contributed by atoms with Gasteiger partial charge in [-0.2, -0.15) is 0 Å². The van der Waals surface area contributed by atoms with Crippen LogP contribution in [0.15, 0.2) is 67.0 Å². The van der Waals surface area contributed by atoms with Gasteiger partial charge >= 0.3 is 0 Å². The molecule has 7 nitrogen and oxygen atoms in total. The standard InChI is InChI=1S/C28H27Cl2N3O4/c29-18-9-10-21(22(30)15-18)26-25(27(35)32-37-16-17-11-13-31-14-12-17)19-5-1-2-6-20(19)28(36)33(26)23-7-3-4-8-24(23)34/h1-2,5-6,9-15,23-26,34H,3-4,7-8,16H2,(H,32,35)/t23-,24?,25+,26-/m0/s1.